The fourth-order valence-electron chi connectivity index (χ4n) is 3.63. The zero-order valence-corrected chi connectivity index (χ0v) is 23.9. The first-order valence-electron chi connectivity index (χ1n) is 12.9. The third-order valence-corrected chi connectivity index (χ3v) is 10.2. The number of hydrogen-bond acceptors (Lipinski definition) is 6. The molecule has 0 aliphatic carbocycles. The quantitative estimate of drug-likeness (QED) is 0.172. The second kappa shape index (κ2) is 17.1. The molecule has 0 N–H and O–H groups in total. The van der Waals surface area contributed by atoms with Gasteiger partial charge in [-0.15, -0.1) is 0 Å². The summed E-state index contributed by atoms with van der Waals surface area (Å²) in [5, 5.41) is 0. The average molecular weight is 575 g/mol. The van der Waals surface area contributed by atoms with Crippen molar-refractivity contribution >= 4 is 27.3 Å². The van der Waals surface area contributed by atoms with Gasteiger partial charge in [-0.2, -0.15) is 0 Å². The number of benzene rings is 3. The van der Waals surface area contributed by atoms with Crippen molar-refractivity contribution in [2.45, 2.75) is 20.8 Å². The van der Waals surface area contributed by atoms with Crippen LogP contribution in [0.25, 0.3) is 0 Å². The molecule has 0 unspecified atom stereocenters. The molecule has 0 aromatic heterocycles. The number of rotatable bonds is 18. The van der Waals surface area contributed by atoms with Gasteiger partial charge in [0.25, 0.3) is 0 Å². The Bertz CT molecular complexity index is 912. The summed E-state index contributed by atoms with van der Waals surface area (Å²) in [4.78, 5) is 0. The molecule has 0 aliphatic rings. The van der Waals surface area contributed by atoms with Crippen LogP contribution < -0.4 is 27.6 Å². The molecule has 7 heteroatoms. The van der Waals surface area contributed by atoms with Crippen LogP contribution in [0.3, 0.4) is 0 Å². The predicted octanol–water partition coefficient (Wildman–Crippen LogP) is 3.45. The summed E-state index contributed by atoms with van der Waals surface area (Å²) in [5.41, 5.74) is 0. The second-order valence-corrected chi connectivity index (χ2v) is 11.8. The van der Waals surface area contributed by atoms with E-state index in [4.69, 9.17) is 28.4 Å². The van der Waals surface area contributed by atoms with Crippen LogP contribution in [0.2, 0.25) is 0 Å². The molecule has 0 fully saturated rings. The second-order valence-electron chi connectivity index (χ2n) is 7.78. The Labute approximate surface area is 225 Å². The van der Waals surface area contributed by atoms with Crippen molar-refractivity contribution < 1.29 is 28.4 Å². The molecule has 200 valence electrons. The molecule has 0 saturated carbocycles. The van der Waals surface area contributed by atoms with E-state index in [1.807, 2.05) is 57.2 Å². The SMILES string of the molecule is CCOCCOc1ccccc1[Se+](c1ccccc1OCCOCC)c1ccccc1OCCOCC. The first-order chi connectivity index (χ1) is 18.3. The molecule has 0 radical (unpaired) electrons. The van der Waals surface area contributed by atoms with Gasteiger partial charge >= 0.3 is 226 Å². The van der Waals surface area contributed by atoms with Gasteiger partial charge in [0, 0.05) is 0 Å². The van der Waals surface area contributed by atoms with Crippen molar-refractivity contribution in [1.82, 2.24) is 0 Å². The summed E-state index contributed by atoms with van der Waals surface area (Å²) in [5.74, 6) is 2.58. The molecule has 37 heavy (non-hydrogen) atoms. The van der Waals surface area contributed by atoms with Crippen LogP contribution in [-0.2, 0) is 14.2 Å². The van der Waals surface area contributed by atoms with E-state index in [0.29, 0.717) is 59.5 Å². The maximum atomic E-state index is 6.25. The zero-order valence-electron chi connectivity index (χ0n) is 22.1. The van der Waals surface area contributed by atoms with Crippen molar-refractivity contribution in [1.29, 1.82) is 0 Å². The van der Waals surface area contributed by atoms with Gasteiger partial charge in [-0.3, -0.25) is 0 Å². The van der Waals surface area contributed by atoms with E-state index in [1.54, 1.807) is 0 Å². The van der Waals surface area contributed by atoms with Crippen molar-refractivity contribution in [3.8, 4) is 17.2 Å². The summed E-state index contributed by atoms with van der Waals surface area (Å²) in [6.07, 6.45) is 0. The van der Waals surface area contributed by atoms with Gasteiger partial charge in [0.1, 0.15) is 0 Å². The number of ether oxygens (including phenoxy) is 6. The topological polar surface area (TPSA) is 55.4 Å². The molecule has 0 spiro atoms. The Balaban J connectivity index is 2.04. The van der Waals surface area contributed by atoms with Crippen molar-refractivity contribution in [2.75, 3.05) is 59.5 Å². The third kappa shape index (κ3) is 9.06. The third-order valence-electron chi connectivity index (χ3n) is 5.28. The fraction of sp³-hybridized carbons (Fsp3) is 0.400. The molecule has 3 aromatic rings. The van der Waals surface area contributed by atoms with Gasteiger partial charge in [-0.25, -0.2) is 0 Å². The van der Waals surface area contributed by atoms with Crippen LogP contribution in [0.1, 0.15) is 20.8 Å². The van der Waals surface area contributed by atoms with Gasteiger partial charge in [0.2, 0.25) is 0 Å². The molecule has 0 saturated heterocycles. The molecule has 0 amide bonds. The molecular weight excluding hydrogens is 535 g/mol. The van der Waals surface area contributed by atoms with E-state index in [1.165, 1.54) is 0 Å². The summed E-state index contributed by atoms with van der Waals surface area (Å²) in [7, 11) is 0. The molecular formula is C30H39O6Se+. The Morgan fingerprint density at radius 1 is 0.432 bits per heavy atom. The first-order valence-corrected chi connectivity index (χ1v) is 15.5. The molecule has 3 rings (SSSR count). The zero-order chi connectivity index (χ0) is 26.1. The van der Waals surface area contributed by atoms with E-state index >= 15 is 0 Å². The van der Waals surface area contributed by atoms with E-state index < -0.39 is 13.9 Å². The minimum absolute atomic E-state index is 0.489. The Morgan fingerprint density at radius 3 is 1.03 bits per heavy atom. The van der Waals surface area contributed by atoms with Crippen LogP contribution in [0.4, 0.5) is 0 Å². The maximum absolute atomic E-state index is 6.25. The van der Waals surface area contributed by atoms with Gasteiger partial charge in [-0.1, -0.05) is 0 Å². The average Bonchev–Trinajstić information content (AvgIpc) is 2.94. The van der Waals surface area contributed by atoms with Gasteiger partial charge in [0.05, 0.1) is 0 Å². The fourth-order valence-corrected chi connectivity index (χ4v) is 8.54. The summed E-state index contributed by atoms with van der Waals surface area (Å²) >= 11 is -1.91. The van der Waals surface area contributed by atoms with Gasteiger partial charge in [0.15, 0.2) is 0 Å². The molecule has 6 nitrogen and oxygen atoms in total. The number of para-hydroxylation sites is 3. The minimum atomic E-state index is -1.91. The van der Waals surface area contributed by atoms with Crippen LogP contribution >= 0.6 is 0 Å². The van der Waals surface area contributed by atoms with E-state index in [-0.39, 0.29) is 0 Å². The van der Waals surface area contributed by atoms with Crippen LogP contribution in [0.5, 0.6) is 17.2 Å². The van der Waals surface area contributed by atoms with Crippen LogP contribution in [-0.4, -0.2) is 73.4 Å². The monoisotopic (exact) mass is 575 g/mol. The van der Waals surface area contributed by atoms with Crippen LogP contribution in [0.15, 0.2) is 72.8 Å². The van der Waals surface area contributed by atoms with Crippen molar-refractivity contribution in [3.05, 3.63) is 72.8 Å². The van der Waals surface area contributed by atoms with Gasteiger partial charge < -0.3 is 0 Å². The summed E-state index contributed by atoms with van der Waals surface area (Å²) < 4.78 is 38.8. The standard InChI is InChI=1S/C30H39O6Se/c1-4-31-19-22-34-25-13-7-10-16-28(25)37(29-17-11-8-14-26(29)35-23-20-32-5-2)30-18-12-9-15-27(30)36-24-21-33-6-3/h7-18H,4-6,19-24H2,1-3H3/q+1. The molecule has 3 aromatic carbocycles. The van der Waals surface area contributed by atoms with E-state index in [9.17, 15) is 0 Å². The van der Waals surface area contributed by atoms with Crippen molar-refractivity contribution in [2.24, 2.45) is 0 Å². The molecule has 0 aliphatic heterocycles. The summed E-state index contributed by atoms with van der Waals surface area (Å²) in [6, 6.07) is 24.8. The van der Waals surface area contributed by atoms with Crippen molar-refractivity contribution in [3.63, 3.8) is 0 Å². The Hall–Kier alpha value is -2.54. The van der Waals surface area contributed by atoms with E-state index in [2.05, 4.69) is 36.4 Å². The Kier molecular flexibility index (Phi) is 13.4. The summed E-state index contributed by atoms with van der Waals surface area (Å²) in [6.45, 7) is 11.1. The van der Waals surface area contributed by atoms with E-state index in [0.717, 1.165) is 30.6 Å². The van der Waals surface area contributed by atoms with Crippen LogP contribution in [0, 0.1) is 0 Å². The Morgan fingerprint density at radius 2 is 0.730 bits per heavy atom. The first kappa shape index (κ1) is 29.0. The molecule has 0 atom stereocenters. The normalized spacial score (nSPS) is 11.0. The molecule has 0 bridgehead atoms. The molecule has 0 heterocycles. The number of hydrogen-bond donors (Lipinski definition) is 0. The predicted molar refractivity (Wildman–Crippen MR) is 150 cm³/mol. The van der Waals surface area contributed by atoms with Gasteiger partial charge in [-0.05, 0) is 0 Å².